The van der Waals surface area contributed by atoms with E-state index in [1.54, 1.807) is 0 Å². The lowest BCUT2D eigenvalue weighted by atomic mass is 9.70. The van der Waals surface area contributed by atoms with Crippen molar-refractivity contribution in [1.29, 1.82) is 0 Å². The van der Waals surface area contributed by atoms with Crippen molar-refractivity contribution >= 4 is 5.91 Å². The van der Waals surface area contributed by atoms with Gasteiger partial charge in [0.1, 0.15) is 0 Å². The number of hydroxylamine groups is 1. The molecule has 1 saturated carbocycles. The van der Waals surface area contributed by atoms with Gasteiger partial charge >= 0.3 is 0 Å². The van der Waals surface area contributed by atoms with Crippen LogP contribution < -0.4 is 5.48 Å². The van der Waals surface area contributed by atoms with Crippen LogP contribution in [-0.4, -0.2) is 11.5 Å². The first-order chi connectivity index (χ1) is 8.09. The van der Waals surface area contributed by atoms with Crippen LogP contribution in [-0.2, 0) is 9.63 Å². The minimum Gasteiger partial charge on any atom is -0.272 e. The van der Waals surface area contributed by atoms with E-state index in [4.69, 9.17) is 4.84 Å². The van der Waals surface area contributed by atoms with E-state index in [0.29, 0.717) is 5.41 Å². The van der Waals surface area contributed by atoms with E-state index < -0.39 is 0 Å². The minimum atomic E-state index is -0.321. The van der Waals surface area contributed by atoms with Crippen LogP contribution >= 0.6 is 0 Å². The Balaban J connectivity index is 2.37. The molecule has 3 heteroatoms. The first-order valence-electron chi connectivity index (χ1n) is 7.07. The quantitative estimate of drug-likeness (QED) is 0.764. The molecule has 0 aromatic rings. The van der Waals surface area contributed by atoms with Gasteiger partial charge in [0.15, 0.2) is 0 Å². The van der Waals surface area contributed by atoms with Crippen molar-refractivity contribution in [1.82, 2.24) is 5.48 Å². The summed E-state index contributed by atoms with van der Waals surface area (Å²) in [4.78, 5) is 17.3. The van der Waals surface area contributed by atoms with E-state index in [2.05, 4.69) is 26.3 Å². The highest BCUT2D eigenvalue weighted by Gasteiger charge is 2.32. The number of rotatable bonds is 2. The van der Waals surface area contributed by atoms with Crippen molar-refractivity contribution < 1.29 is 9.63 Å². The third-order valence-electron chi connectivity index (χ3n) is 3.78. The molecule has 1 fully saturated rings. The molecule has 0 spiro atoms. The minimum absolute atomic E-state index is 0.0530. The Morgan fingerprint density at radius 2 is 1.50 bits per heavy atom. The first kappa shape index (κ1) is 15.5. The van der Waals surface area contributed by atoms with Crippen molar-refractivity contribution in [2.75, 3.05) is 0 Å². The lowest BCUT2D eigenvalue weighted by Gasteiger charge is -2.36. The molecule has 1 amide bonds. The molecule has 106 valence electrons. The maximum atomic E-state index is 12.0. The summed E-state index contributed by atoms with van der Waals surface area (Å²) >= 11 is 0. The number of amides is 1. The molecule has 0 unspecified atom stereocenters. The monoisotopic (exact) mass is 255 g/mol. The molecular weight excluding hydrogens is 226 g/mol. The third kappa shape index (κ3) is 4.97. The third-order valence-corrected chi connectivity index (χ3v) is 3.78. The van der Waals surface area contributed by atoms with Gasteiger partial charge in [-0.1, -0.05) is 20.8 Å². The summed E-state index contributed by atoms with van der Waals surface area (Å²) in [7, 11) is 0. The predicted molar refractivity (Wildman–Crippen MR) is 73.9 cm³/mol. The molecule has 0 atom stereocenters. The molecule has 0 aromatic heterocycles. The van der Waals surface area contributed by atoms with Crippen LogP contribution in [0, 0.1) is 17.3 Å². The van der Waals surface area contributed by atoms with Crippen LogP contribution in [0.25, 0.3) is 0 Å². The van der Waals surface area contributed by atoms with E-state index in [0.717, 1.165) is 31.6 Å². The van der Waals surface area contributed by atoms with Crippen molar-refractivity contribution in [2.24, 2.45) is 17.3 Å². The molecule has 1 N–H and O–H groups in total. The Morgan fingerprint density at radius 3 is 1.89 bits per heavy atom. The molecule has 0 saturated heterocycles. The highest BCUT2D eigenvalue weighted by molar-refractivity contribution is 5.77. The van der Waals surface area contributed by atoms with E-state index in [-0.39, 0.29) is 17.4 Å². The SMILES string of the molecule is CC(C)(C)ONC(=O)C1CCC(C(C)(C)C)CC1. The molecule has 3 nitrogen and oxygen atoms in total. The Bertz CT molecular complexity index is 278. The predicted octanol–water partition coefficient (Wildman–Crippen LogP) is 3.69. The number of nitrogens with one attached hydrogen (secondary N) is 1. The van der Waals surface area contributed by atoms with E-state index in [1.165, 1.54) is 0 Å². The second-order valence-corrected chi connectivity index (χ2v) is 7.60. The van der Waals surface area contributed by atoms with Gasteiger partial charge in [0.2, 0.25) is 5.91 Å². The van der Waals surface area contributed by atoms with Crippen molar-refractivity contribution in [2.45, 2.75) is 72.8 Å². The molecule has 1 aliphatic rings. The van der Waals surface area contributed by atoms with Gasteiger partial charge in [-0.2, -0.15) is 0 Å². The molecule has 0 heterocycles. The highest BCUT2D eigenvalue weighted by Crippen LogP contribution is 2.39. The van der Waals surface area contributed by atoms with Crippen molar-refractivity contribution in [3.63, 3.8) is 0 Å². The lowest BCUT2D eigenvalue weighted by Crippen LogP contribution is -2.39. The van der Waals surface area contributed by atoms with Gasteiger partial charge in [0, 0.05) is 5.92 Å². The molecule has 0 aliphatic heterocycles. The smallest absolute Gasteiger partial charge is 0.246 e. The Morgan fingerprint density at radius 1 is 1.00 bits per heavy atom. The van der Waals surface area contributed by atoms with Crippen LogP contribution in [0.5, 0.6) is 0 Å². The van der Waals surface area contributed by atoms with Gasteiger partial charge < -0.3 is 0 Å². The van der Waals surface area contributed by atoms with E-state index in [1.807, 2.05) is 20.8 Å². The van der Waals surface area contributed by atoms with Gasteiger partial charge in [0.25, 0.3) is 0 Å². The Labute approximate surface area is 112 Å². The number of carbonyl (C=O) groups excluding carboxylic acids is 1. The Hall–Kier alpha value is -0.570. The Kier molecular flexibility index (Phi) is 4.82. The maximum Gasteiger partial charge on any atom is 0.246 e. The van der Waals surface area contributed by atoms with Crippen LogP contribution in [0.1, 0.15) is 67.2 Å². The summed E-state index contributed by atoms with van der Waals surface area (Å²) in [6, 6.07) is 0. The fraction of sp³-hybridized carbons (Fsp3) is 0.933. The zero-order valence-corrected chi connectivity index (χ0v) is 12.8. The summed E-state index contributed by atoms with van der Waals surface area (Å²) < 4.78 is 0. The van der Waals surface area contributed by atoms with Gasteiger partial charge in [-0.3, -0.25) is 9.63 Å². The molecule has 1 rings (SSSR count). The topological polar surface area (TPSA) is 38.3 Å². The van der Waals surface area contributed by atoms with Crippen LogP contribution in [0.15, 0.2) is 0 Å². The lowest BCUT2D eigenvalue weighted by molar-refractivity contribution is -0.151. The molecule has 1 aliphatic carbocycles. The fourth-order valence-corrected chi connectivity index (χ4v) is 2.51. The summed E-state index contributed by atoms with van der Waals surface area (Å²) in [5.74, 6) is 0.924. The van der Waals surface area contributed by atoms with Crippen molar-refractivity contribution in [3.05, 3.63) is 0 Å². The zero-order valence-electron chi connectivity index (χ0n) is 12.8. The molecule has 0 radical (unpaired) electrons. The van der Waals surface area contributed by atoms with Gasteiger partial charge in [-0.15, -0.1) is 0 Å². The van der Waals surface area contributed by atoms with Gasteiger partial charge in [-0.05, 0) is 57.8 Å². The second-order valence-electron chi connectivity index (χ2n) is 7.60. The zero-order chi connectivity index (χ0) is 14.0. The fourth-order valence-electron chi connectivity index (χ4n) is 2.51. The van der Waals surface area contributed by atoms with Gasteiger partial charge in [-0.25, -0.2) is 5.48 Å². The average molecular weight is 255 g/mol. The normalized spacial score (nSPS) is 25.9. The maximum absolute atomic E-state index is 12.0. The first-order valence-corrected chi connectivity index (χ1v) is 7.07. The van der Waals surface area contributed by atoms with Crippen LogP contribution in [0.3, 0.4) is 0 Å². The van der Waals surface area contributed by atoms with E-state index >= 15 is 0 Å². The number of hydrogen-bond acceptors (Lipinski definition) is 2. The summed E-state index contributed by atoms with van der Waals surface area (Å²) in [5, 5.41) is 0. The summed E-state index contributed by atoms with van der Waals surface area (Å²) in [6.45, 7) is 12.7. The largest absolute Gasteiger partial charge is 0.272 e. The summed E-state index contributed by atoms with van der Waals surface area (Å²) in [5.41, 5.74) is 2.65. The highest BCUT2D eigenvalue weighted by atomic mass is 16.7. The van der Waals surface area contributed by atoms with Crippen molar-refractivity contribution in [3.8, 4) is 0 Å². The number of carbonyl (C=O) groups is 1. The molecule has 0 aromatic carbocycles. The standard InChI is InChI=1S/C15H29NO2/c1-14(2,3)12-9-7-11(8-10-12)13(17)16-18-15(4,5)6/h11-12H,7-10H2,1-6H3,(H,16,17). The van der Waals surface area contributed by atoms with Gasteiger partial charge in [0.05, 0.1) is 5.60 Å². The molecular formula is C15H29NO2. The number of hydrogen-bond donors (Lipinski definition) is 1. The van der Waals surface area contributed by atoms with Crippen LogP contribution in [0.2, 0.25) is 0 Å². The second kappa shape index (κ2) is 5.60. The molecule has 18 heavy (non-hydrogen) atoms. The van der Waals surface area contributed by atoms with E-state index in [9.17, 15) is 4.79 Å². The van der Waals surface area contributed by atoms with Crippen LogP contribution in [0.4, 0.5) is 0 Å². The molecule has 0 bridgehead atoms. The summed E-state index contributed by atoms with van der Waals surface area (Å²) in [6.07, 6.45) is 4.27. The average Bonchev–Trinajstić information content (AvgIpc) is 2.24.